The van der Waals surface area contributed by atoms with Crippen molar-refractivity contribution in [3.63, 3.8) is 0 Å². The van der Waals surface area contributed by atoms with Crippen LogP contribution in [0.1, 0.15) is 33.3 Å². The number of hydrogen-bond donors (Lipinski definition) is 5. The quantitative estimate of drug-likeness (QED) is 0.382. The largest absolute Gasteiger partial charge is 0.477 e. The van der Waals surface area contributed by atoms with Crippen LogP contribution in [-0.4, -0.2) is 39.5 Å². The number of benzene rings is 1. The molecule has 0 saturated carbocycles. The van der Waals surface area contributed by atoms with Crippen LogP contribution in [0.4, 0.5) is 27.7 Å². The van der Waals surface area contributed by atoms with Crippen molar-refractivity contribution in [1.29, 1.82) is 0 Å². The van der Waals surface area contributed by atoms with Gasteiger partial charge in [0, 0.05) is 41.9 Å². The van der Waals surface area contributed by atoms with Gasteiger partial charge in [0.05, 0.1) is 11.3 Å². The zero-order chi connectivity index (χ0) is 23.1. The van der Waals surface area contributed by atoms with Gasteiger partial charge in [0.2, 0.25) is 0 Å². The van der Waals surface area contributed by atoms with Crippen molar-refractivity contribution < 1.29 is 19.5 Å². The van der Waals surface area contributed by atoms with Crippen molar-refractivity contribution >= 4 is 40.8 Å². The van der Waals surface area contributed by atoms with Crippen LogP contribution in [0, 0.1) is 6.92 Å². The van der Waals surface area contributed by atoms with Crippen molar-refractivity contribution in [2.24, 2.45) is 0 Å². The molecular formula is C22H22N6O4. The Hall–Kier alpha value is -4.47. The van der Waals surface area contributed by atoms with E-state index in [1.807, 2.05) is 30.3 Å². The number of carboxylic acid groups (broad SMARTS) is 1. The molecule has 3 rings (SSSR count). The minimum absolute atomic E-state index is 0.148. The number of rotatable bonds is 7. The van der Waals surface area contributed by atoms with E-state index in [4.69, 9.17) is 0 Å². The maximum absolute atomic E-state index is 13.0. The lowest BCUT2D eigenvalue weighted by atomic mass is 10.1. The molecule has 0 atom stereocenters. The molecule has 164 valence electrons. The van der Waals surface area contributed by atoms with Crippen LogP contribution in [0.3, 0.4) is 0 Å². The molecule has 0 unspecified atom stereocenters. The number of anilines is 4. The molecule has 0 aliphatic heterocycles. The minimum atomic E-state index is -1.19. The fourth-order valence-electron chi connectivity index (χ4n) is 2.88. The van der Waals surface area contributed by atoms with E-state index in [-0.39, 0.29) is 17.1 Å². The molecule has 32 heavy (non-hydrogen) atoms. The van der Waals surface area contributed by atoms with E-state index < -0.39 is 17.9 Å². The molecule has 2 aromatic heterocycles. The second kappa shape index (κ2) is 10.0. The molecule has 0 spiro atoms. The number of carbonyl (C=O) groups is 3. The third-order valence-electron chi connectivity index (χ3n) is 4.44. The molecular weight excluding hydrogens is 412 g/mol. The van der Waals surface area contributed by atoms with Crippen LogP contribution < -0.4 is 21.3 Å². The smallest absolute Gasteiger partial charge is 0.354 e. The molecule has 10 heteroatoms. The van der Waals surface area contributed by atoms with E-state index in [0.29, 0.717) is 23.5 Å². The van der Waals surface area contributed by atoms with Crippen molar-refractivity contribution in [2.75, 3.05) is 22.5 Å². The molecule has 0 radical (unpaired) electrons. The summed E-state index contributed by atoms with van der Waals surface area (Å²) in [6.07, 6.45) is 2.64. The Morgan fingerprint density at radius 3 is 2.44 bits per heavy atom. The van der Waals surface area contributed by atoms with Crippen molar-refractivity contribution in [1.82, 2.24) is 15.3 Å². The van der Waals surface area contributed by atoms with Gasteiger partial charge in [0.15, 0.2) is 5.69 Å². The first-order valence-corrected chi connectivity index (χ1v) is 9.76. The third-order valence-corrected chi connectivity index (χ3v) is 4.44. The lowest BCUT2D eigenvalue weighted by molar-refractivity contribution is 0.0689. The van der Waals surface area contributed by atoms with Crippen LogP contribution in [-0.2, 0) is 0 Å². The highest BCUT2D eigenvalue weighted by Gasteiger charge is 2.18. The summed E-state index contributed by atoms with van der Waals surface area (Å²) >= 11 is 0. The lowest BCUT2D eigenvalue weighted by Gasteiger charge is -2.15. The number of nitrogens with one attached hydrogen (secondary N) is 4. The zero-order valence-corrected chi connectivity index (χ0v) is 17.5. The predicted octanol–water partition coefficient (Wildman–Crippen LogP) is 3.62. The SMILES string of the molecule is CCNC(=O)Nc1cc(Nc2ccccc2)c(C(=O)Nc2ccnc(C(=O)O)c2C)cn1. The Balaban J connectivity index is 1.93. The molecule has 2 heterocycles. The maximum Gasteiger partial charge on any atom is 0.354 e. The molecule has 1 aromatic carbocycles. The number of aromatic carboxylic acids is 1. The summed E-state index contributed by atoms with van der Waals surface area (Å²) in [5.41, 5.74) is 1.82. The fourth-order valence-corrected chi connectivity index (χ4v) is 2.88. The first-order valence-electron chi connectivity index (χ1n) is 9.76. The molecule has 10 nitrogen and oxygen atoms in total. The summed E-state index contributed by atoms with van der Waals surface area (Å²) in [5.74, 6) is -1.45. The van der Waals surface area contributed by atoms with E-state index in [1.54, 1.807) is 19.9 Å². The zero-order valence-electron chi connectivity index (χ0n) is 17.5. The Bertz CT molecular complexity index is 1150. The van der Waals surface area contributed by atoms with E-state index in [0.717, 1.165) is 5.69 Å². The number of aromatic nitrogens is 2. The van der Waals surface area contributed by atoms with Crippen molar-refractivity contribution in [2.45, 2.75) is 13.8 Å². The fraction of sp³-hybridized carbons (Fsp3) is 0.136. The average Bonchev–Trinajstić information content (AvgIpc) is 2.76. The lowest BCUT2D eigenvalue weighted by Crippen LogP contribution is -2.28. The summed E-state index contributed by atoms with van der Waals surface area (Å²) in [6.45, 7) is 3.80. The van der Waals surface area contributed by atoms with Crippen LogP contribution in [0.25, 0.3) is 0 Å². The number of carbonyl (C=O) groups excluding carboxylic acids is 2. The molecule has 0 aliphatic rings. The third kappa shape index (κ3) is 5.36. The van der Waals surface area contributed by atoms with Gasteiger partial charge in [-0.25, -0.2) is 19.6 Å². The Labute approximate surface area is 184 Å². The first kappa shape index (κ1) is 22.2. The van der Waals surface area contributed by atoms with Gasteiger partial charge in [-0.15, -0.1) is 0 Å². The van der Waals surface area contributed by atoms with Crippen LogP contribution in [0.15, 0.2) is 54.9 Å². The molecule has 3 amide bonds. The normalized spacial score (nSPS) is 10.2. The second-order valence-electron chi connectivity index (χ2n) is 6.68. The minimum Gasteiger partial charge on any atom is -0.477 e. The number of para-hydroxylation sites is 1. The van der Waals surface area contributed by atoms with E-state index in [1.165, 1.54) is 18.5 Å². The van der Waals surface area contributed by atoms with Gasteiger partial charge in [-0.3, -0.25) is 10.1 Å². The van der Waals surface area contributed by atoms with Gasteiger partial charge >= 0.3 is 12.0 Å². The van der Waals surface area contributed by atoms with E-state index in [9.17, 15) is 19.5 Å². The van der Waals surface area contributed by atoms with Crippen LogP contribution in [0.5, 0.6) is 0 Å². The molecule has 0 fully saturated rings. The number of nitrogens with zero attached hydrogens (tertiary/aromatic N) is 2. The number of hydrogen-bond acceptors (Lipinski definition) is 6. The van der Waals surface area contributed by atoms with Crippen LogP contribution in [0.2, 0.25) is 0 Å². The highest BCUT2D eigenvalue weighted by Crippen LogP contribution is 2.25. The summed E-state index contributed by atoms with van der Waals surface area (Å²) < 4.78 is 0. The average molecular weight is 434 g/mol. The molecule has 3 aromatic rings. The first-order chi connectivity index (χ1) is 15.4. The Morgan fingerprint density at radius 1 is 1.00 bits per heavy atom. The van der Waals surface area contributed by atoms with Crippen molar-refractivity contribution in [3.8, 4) is 0 Å². The van der Waals surface area contributed by atoms with Gasteiger partial charge in [0.25, 0.3) is 5.91 Å². The summed E-state index contributed by atoms with van der Waals surface area (Å²) in [5, 5.41) is 20.3. The Kier molecular flexibility index (Phi) is 6.96. The maximum atomic E-state index is 13.0. The Morgan fingerprint density at radius 2 is 1.75 bits per heavy atom. The summed E-state index contributed by atoms with van der Waals surface area (Å²) in [6, 6.07) is 11.8. The van der Waals surface area contributed by atoms with Gasteiger partial charge in [-0.1, -0.05) is 18.2 Å². The molecule has 0 bridgehead atoms. The number of amides is 3. The van der Waals surface area contributed by atoms with E-state index in [2.05, 4.69) is 31.2 Å². The molecule has 0 saturated heterocycles. The monoisotopic (exact) mass is 434 g/mol. The van der Waals surface area contributed by atoms with Gasteiger partial charge in [-0.2, -0.15) is 0 Å². The highest BCUT2D eigenvalue weighted by atomic mass is 16.4. The van der Waals surface area contributed by atoms with Crippen molar-refractivity contribution in [3.05, 3.63) is 71.7 Å². The molecule has 5 N–H and O–H groups in total. The summed E-state index contributed by atoms with van der Waals surface area (Å²) in [7, 11) is 0. The number of pyridine rings is 2. The van der Waals surface area contributed by atoms with Crippen LogP contribution >= 0.6 is 0 Å². The topological polar surface area (TPSA) is 145 Å². The van der Waals surface area contributed by atoms with Gasteiger partial charge in [-0.05, 0) is 32.0 Å². The van der Waals surface area contributed by atoms with Gasteiger partial charge in [0.1, 0.15) is 5.82 Å². The van der Waals surface area contributed by atoms with Gasteiger partial charge < -0.3 is 21.1 Å². The number of carboxylic acids is 1. The molecule has 0 aliphatic carbocycles. The second-order valence-corrected chi connectivity index (χ2v) is 6.68. The highest BCUT2D eigenvalue weighted by molar-refractivity contribution is 6.09. The standard InChI is InChI=1S/C22H22N6O4/c1-3-23-22(32)28-18-11-17(26-14-7-5-4-6-8-14)15(12-25-18)20(29)27-16-9-10-24-19(13(16)2)21(30)31/h4-12H,3H2,1-2H3,(H,30,31)(H,24,27,29)(H3,23,25,26,28,32). The number of urea groups is 1. The predicted molar refractivity (Wildman–Crippen MR) is 121 cm³/mol. The summed E-state index contributed by atoms with van der Waals surface area (Å²) in [4.78, 5) is 44.2. The van der Waals surface area contributed by atoms with E-state index >= 15 is 0 Å².